The zero-order valence-corrected chi connectivity index (χ0v) is 16.8. The van der Waals surface area contributed by atoms with Crippen molar-refractivity contribution < 1.29 is 4.79 Å². The highest BCUT2D eigenvalue weighted by Gasteiger charge is 2.08. The molecule has 1 unspecified atom stereocenters. The number of hydrogen-bond acceptors (Lipinski definition) is 2. The number of hydrogen-bond donors (Lipinski definition) is 3. The van der Waals surface area contributed by atoms with Crippen LogP contribution in [-0.4, -0.2) is 32.0 Å². The molecule has 0 radical (unpaired) electrons. The van der Waals surface area contributed by atoms with Crippen LogP contribution in [0.2, 0.25) is 5.02 Å². The summed E-state index contributed by atoms with van der Waals surface area (Å²) < 4.78 is 0. The summed E-state index contributed by atoms with van der Waals surface area (Å²) in [5, 5.41) is 10.0. The first kappa shape index (κ1) is 20.8. The van der Waals surface area contributed by atoms with E-state index in [4.69, 9.17) is 11.6 Å². The van der Waals surface area contributed by atoms with Crippen LogP contribution in [0.5, 0.6) is 0 Å². The van der Waals surface area contributed by atoms with E-state index in [1.54, 1.807) is 7.05 Å². The number of carbonyl (C=O) groups excluding carboxylic acids is 1. The summed E-state index contributed by atoms with van der Waals surface area (Å²) in [5.41, 5.74) is 2.85. The maximum Gasteiger partial charge on any atom is 0.251 e. The fourth-order valence-electron chi connectivity index (χ4n) is 2.69. The van der Waals surface area contributed by atoms with Crippen molar-refractivity contribution >= 4 is 23.5 Å². The Morgan fingerprint density at radius 1 is 1.19 bits per heavy atom. The molecule has 0 aliphatic rings. The maximum absolute atomic E-state index is 11.7. The molecular weight excluding hydrogens is 360 g/mol. The van der Waals surface area contributed by atoms with E-state index in [1.807, 2.05) is 55.5 Å². The molecule has 0 aliphatic heterocycles. The molecular formula is C21H27ClN4O. The zero-order chi connectivity index (χ0) is 19.6. The normalized spacial score (nSPS) is 12.4. The molecule has 27 heavy (non-hydrogen) atoms. The summed E-state index contributed by atoms with van der Waals surface area (Å²) in [7, 11) is 1.63. The average molecular weight is 387 g/mol. The third-order valence-corrected chi connectivity index (χ3v) is 4.37. The van der Waals surface area contributed by atoms with Gasteiger partial charge in [-0.2, -0.15) is 0 Å². The van der Waals surface area contributed by atoms with E-state index in [-0.39, 0.29) is 11.9 Å². The first-order chi connectivity index (χ1) is 13.0. The van der Waals surface area contributed by atoms with Crippen LogP contribution in [-0.2, 0) is 6.42 Å². The lowest BCUT2D eigenvalue weighted by atomic mass is 10.1. The summed E-state index contributed by atoms with van der Waals surface area (Å²) in [6.45, 7) is 5.51. The van der Waals surface area contributed by atoms with Crippen LogP contribution >= 0.6 is 11.6 Å². The second-order valence-corrected chi connectivity index (χ2v) is 6.65. The van der Waals surface area contributed by atoms with E-state index >= 15 is 0 Å². The fourth-order valence-corrected chi connectivity index (χ4v) is 2.89. The molecule has 2 aromatic carbocycles. The molecule has 0 aliphatic carbocycles. The highest BCUT2D eigenvalue weighted by atomic mass is 35.5. The van der Waals surface area contributed by atoms with Gasteiger partial charge in [-0.3, -0.25) is 9.79 Å². The number of benzene rings is 2. The van der Waals surface area contributed by atoms with E-state index in [0.29, 0.717) is 12.1 Å². The monoisotopic (exact) mass is 386 g/mol. The van der Waals surface area contributed by atoms with Crippen molar-refractivity contribution in [2.24, 2.45) is 4.99 Å². The second-order valence-electron chi connectivity index (χ2n) is 6.21. The second kappa shape index (κ2) is 10.6. The summed E-state index contributed by atoms with van der Waals surface area (Å²) in [5.74, 6) is 0.679. The summed E-state index contributed by atoms with van der Waals surface area (Å²) >= 11 is 6.08. The molecule has 0 fully saturated rings. The Bertz CT molecular complexity index is 791. The van der Waals surface area contributed by atoms with Crippen LogP contribution in [0, 0.1) is 0 Å². The highest BCUT2D eigenvalue weighted by Crippen LogP contribution is 2.17. The van der Waals surface area contributed by atoms with Gasteiger partial charge in [0.2, 0.25) is 0 Å². The topological polar surface area (TPSA) is 65.5 Å². The van der Waals surface area contributed by atoms with Gasteiger partial charge < -0.3 is 16.0 Å². The minimum absolute atomic E-state index is 0.0781. The largest absolute Gasteiger partial charge is 0.357 e. The number of nitrogens with one attached hydrogen (secondary N) is 3. The molecule has 0 bridgehead atoms. The number of carbonyl (C=O) groups is 1. The molecule has 6 heteroatoms. The van der Waals surface area contributed by atoms with Crippen LogP contribution in [0.1, 0.15) is 41.4 Å². The minimum Gasteiger partial charge on any atom is -0.357 e. The average Bonchev–Trinajstić information content (AvgIpc) is 2.67. The lowest BCUT2D eigenvalue weighted by molar-refractivity contribution is 0.0963. The third kappa shape index (κ3) is 6.61. The van der Waals surface area contributed by atoms with Crippen LogP contribution < -0.4 is 16.0 Å². The Morgan fingerprint density at radius 2 is 1.96 bits per heavy atom. The van der Waals surface area contributed by atoms with Gasteiger partial charge in [-0.1, -0.05) is 35.9 Å². The van der Waals surface area contributed by atoms with Crippen LogP contribution in [0.4, 0.5) is 0 Å². The van der Waals surface area contributed by atoms with Gasteiger partial charge in [0.15, 0.2) is 5.96 Å². The lowest BCUT2D eigenvalue weighted by Gasteiger charge is -2.18. The quantitative estimate of drug-likeness (QED) is 0.503. The van der Waals surface area contributed by atoms with Crippen molar-refractivity contribution in [1.82, 2.24) is 16.0 Å². The van der Waals surface area contributed by atoms with Gasteiger partial charge in [0, 0.05) is 30.7 Å². The number of nitrogens with zero attached hydrogens (tertiary/aromatic N) is 1. The smallest absolute Gasteiger partial charge is 0.251 e. The first-order valence-electron chi connectivity index (χ1n) is 9.14. The molecule has 0 aromatic heterocycles. The minimum atomic E-state index is -0.0781. The van der Waals surface area contributed by atoms with E-state index in [0.717, 1.165) is 35.1 Å². The van der Waals surface area contributed by atoms with Crippen molar-refractivity contribution in [1.29, 1.82) is 0 Å². The SMILES string of the molecule is CCNC(=NCCc1cccc(C(=O)NC)c1)NC(C)c1cccc(Cl)c1. The standard InChI is InChI=1S/C21H27ClN4O/c1-4-24-21(26-15(2)17-8-6-10-19(22)14-17)25-12-11-16-7-5-9-18(13-16)20(27)23-3/h5-10,13-15H,4,11-12H2,1-3H3,(H,23,27)(H2,24,25,26). The van der Waals surface area contributed by atoms with Crippen molar-refractivity contribution in [3.63, 3.8) is 0 Å². The summed E-state index contributed by atoms with van der Waals surface area (Å²) in [6.07, 6.45) is 0.757. The predicted molar refractivity (Wildman–Crippen MR) is 113 cm³/mol. The molecule has 1 atom stereocenters. The number of rotatable bonds is 7. The number of guanidine groups is 1. The van der Waals surface area contributed by atoms with Gasteiger partial charge >= 0.3 is 0 Å². The van der Waals surface area contributed by atoms with Gasteiger partial charge in [-0.15, -0.1) is 0 Å². The number of amides is 1. The van der Waals surface area contributed by atoms with E-state index in [2.05, 4.69) is 27.9 Å². The molecule has 0 saturated carbocycles. The number of halogens is 1. The van der Waals surface area contributed by atoms with Gasteiger partial charge in [-0.05, 0) is 55.7 Å². The summed E-state index contributed by atoms with van der Waals surface area (Å²) in [4.78, 5) is 16.4. The first-order valence-corrected chi connectivity index (χ1v) is 9.52. The molecule has 2 aromatic rings. The van der Waals surface area contributed by atoms with Gasteiger partial charge in [-0.25, -0.2) is 0 Å². The van der Waals surface area contributed by atoms with Gasteiger partial charge in [0.25, 0.3) is 5.91 Å². The molecule has 1 amide bonds. The van der Waals surface area contributed by atoms with E-state index in [9.17, 15) is 4.79 Å². The Morgan fingerprint density at radius 3 is 2.67 bits per heavy atom. The van der Waals surface area contributed by atoms with Gasteiger partial charge in [0.05, 0.1) is 6.04 Å². The molecule has 0 saturated heterocycles. The van der Waals surface area contributed by atoms with Crippen LogP contribution in [0.3, 0.4) is 0 Å². The van der Waals surface area contributed by atoms with Gasteiger partial charge in [0.1, 0.15) is 0 Å². The molecule has 0 spiro atoms. The molecule has 0 heterocycles. The Balaban J connectivity index is 2.00. The zero-order valence-electron chi connectivity index (χ0n) is 16.1. The van der Waals surface area contributed by atoms with E-state index < -0.39 is 0 Å². The van der Waals surface area contributed by atoms with Crippen molar-refractivity contribution in [2.45, 2.75) is 26.3 Å². The third-order valence-electron chi connectivity index (χ3n) is 4.13. The van der Waals surface area contributed by atoms with Crippen molar-refractivity contribution in [3.05, 3.63) is 70.2 Å². The predicted octanol–water partition coefficient (Wildman–Crippen LogP) is 3.56. The fraction of sp³-hybridized carbons (Fsp3) is 0.333. The molecule has 3 N–H and O–H groups in total. The Hall–Kier alpha value is -2.53. The van der Waals surface area contributed by atoms with Crippen LogP contribution in [0.15, 0.2) is 53.5 Å². The molecule has 5 nitrogen and oxygen atoms in total. The van der Waals surface area contributed by atoms with E-state index in [1.165, 1.54) is 0 Å². The van der Waals surface area contributed by atoms with Crippen LogP contribution in [0.25, 0.3) is 0 Å². The Labute approximate surface area is 166 Å². The summed E-state index contributed by atoms with van der Waals surface area (Å²) in [6, 6.07) is 15.5. The van der Waals surface area contributed by atoms with Crippen molar-refractivity contribution in [3.8, 4) is 0 Å². The van der Waals surface area contributed by atoms with Crippen molar-refractivity contribution in [2.75, 3.05) is 20.1 Å². The maximum atomic E-state index is 11.7. The molecule has 2 rings (SSSR count). The number of aliphatic imine (C=N–C) groups is 1. The highest BCUT2D eigenvalue weighted by molar-refractivity contribution is 6.30. The Kier molecular flexibility index (Phi) is 8.14. The molecule has 144 valence electrons. The lowest BCUT2D eigenvalue weighted by Crippen LogP contribution is -2.38.